The lowest BCUT2D eigenvalue weighted by molar-refractivity contribution is -0.0133. The molecule has 3 N–H and O–H groups in total. The molecule has 0 saturated heterocycles. The van der Waals surface area contributed by atoms with Gasteiger partial charge in [-0.25, -0.2) is 4.79 Å². The van der Waals surface area contributed by atoms with E-state index in [-0.39, 0.29) is 19.2 Å². The fraction of sp³-hybridized carbons (Fsp3) is 0.417. The number of hydrogen-bond donors (Lipinski definition) is 3. The molecular formula is C12H18N2O3. The van der Waals surface area contributed by atoms with E-state index in [0.717, 1.165) is 0 Å². The number of rotatable bonds is 5. The second-order valence-electron chi connectivity index (χ2n) is 4.10. The van der Waals surface area contributed by atoms with E-state index >= 15 is 0 Å². The Hall–Kier alpha value is -1.59. The Balaban J connectivity index is 2.36. The monoisotopic (exact) mass is 238 g/mol. The minimum atomic E-state index is -1.07. The van der Waals surface area contributed by atoms with Gasteiger partial charge in [-0.15, -0.1) is 0 Å². The van der Waals surface area contributed by atoms with Gasteiger partial charge < -0.3 is 20.5 Å². The molecule has 5 heteroatoms. The fourth-order valence-corrected chi connectivity index (χ4v) is 1.33. The van der Waals surface area contributed by atoms with E-state index in [1.165, 1.54) is 7.11 Å². The van der Waals surface area contributed by atoms with Crippen LogP contribution in [0, 0.1) is 0 Å². The number of ether oxygens (including phenoxy) is 1. The molecule has 0 saturated carbocycles. The maximum Gasteiger partial charge on any atom is 0.319 e. The molecule has 1 atom stereocenters. The Labute approximate surface area is 101 Å². The summed E-state index contributed by atoms with van der Waals surface area (Å²) in [5.74, 6) is 0. The van der Waals surface area contributed by atoms with Crippen LogP contribution in [0.15, 0.2) is 30.3 Å². The largest absolute Gasteiger partial charge is 0.386 e. The van der Waals surface area contributed by atoms with Gasteiger partial charge >= 0.3 is 6.03 Å². The lowest BCUT2D eigenvalue weighted by Crippen LogP contribution is -2.45. The first-order valence-electron chi connectivity index (χ1n) is 5.35. The molecule has 1 unspecified atom stereocenters. The van der Waals surface area contributed by atoms with E-state index in [9.17, 15) is 9.90 Å². The molecule has 1 rings (SSSR count). The second kappa shape index (κ2) is 6.22. The standard InChI is InChI=1S/C12H18N2O3/c1-12(16,9-17-2)8-13-11(15)14-10-6-4-3-5-7-10/h3-7,16H,8-9H2,1-2H3,(H2,13,14,15). The molecule has 0 fully saturated rings. The van der Waals surface area contributed by atoms with E-state index in [1.54, 1.807) is 19.1 Å². The number of carbonyl (C=O) groups is 1. The van der Waals surface area contributed by atoms with Gasteiger partial charge in [0.05, 0.1) is 13.2 Å². The number of nitrogens with one attached hydrogen (secondary N) is 2. The number of hydrogen-bond acceptors (Lipinski definition) is 3. The van der Waals surface area contributed by atoms with Crippen molar-refractivity contribution in [2.75, 3.05) is 25.6 Å². The molecule has 0 aromatic heterocycles. The summed E-state index contributed by atoms with van der Waals surface area (Å²) < 4.78 is 4.84. The van der Waals surface area contributed by atoms with Crippen molar-refractivity contribution in [2.45, 2.75) is 12.5 Å². The Morgan fingerprint density at radius 2 is 2.06 bits per heavy atom. The number of aliphatic hydroxyl groups is 1. The van der Waals surface area contributed by atoms with Crippen LogP contribution in [0.2, 0.25) is 0 Å². The minimum Gasteiger partial charge on any atom is -0.386 e. The normalized spacial score (nSPS) is 13.8. The van der Waals surface area contributed by atoms with Gasteiger partial charge in [0.2, 0.25) is 0 Å². The number of methoxy groups -OCH3 is 1. The van der Waals surface area contributed by atoms with Crippen molar-refractivity contribution < 1.29 is 14.6 Å². The van der Waals surface area contributed by atoms with Crippen LogP contribution in [0.4, 0.5) is 10.5 Å². The zero-order chi connectivity index (χ0) is 12.7. The number of amides is 2. The molecule has 0 aliphatic heterocycles. The number of carbonyl (C=O) groups excluding carboxylic acids is 1. The topological polar surface area (TPSA) is 70.6 Å². The summed E-state index contributed by atoms with van der Waals surface area (Å²) >= 11 is 0. The number of benzene rings is 1. The highest BCUT2D eigenvalue weighted by Crippen LogP contribution is 2.05. The lowest BCUT2D eigenvalue weighted by Gasteiger charge is -2.22. The maximum absolute atomic E-state index is 11.5. The van der Waals surface area contributed by atoms with Gasteiger partial charge in [0.25, 0.3) is 0 Å². The van der Waals surface area contributed by atoms with Gasteiger partial charge in [-0.3, -0.25) is 0 Å². The third-order valence-electron chi connectivity index (χ3n) is 2.12. The summed E-state index contributed by atoms with van der Waals surface area (Å²) in [6.45, 7) is 1.89. The first-order valence-corrected chi connectivity index (χ1v) is 5.35. The number of para-hydroxylation sites is 1. The lowest BCUT2D eigenvalue weighted by atomic mass is 10.1. The zero-order valence-corrected chi connectivity index (χ0v) is 10.1. The molecule has 17 heavy (non-hydrogen) atoms. The minimum absolute atomic E-state index is 0.125. The second-order valence-corrected chi connectivity index (χ2v) is 4.10. The summed E-state index contributed by atoms with van der Waals surface area (Å²) in [7, 11) is 1.50. The van der Waals surface area contributed by atoms with Crippen molar-refractivity contribution in [3.8, 4) is 0 Å². The maximum atomic E-state index is 11.5. The molecule has 1 aromatic rings. The highest BCUT2D eigenvalue weighted by atomic mass is 16.5. The van der Waals surface area contributed by atoms with Crippen LogP contribution in [0.5, 0.6) is 0 Å². The summed E-state index contributed by atoms with van der Waals surface area (Å²) in [6, 6.07) is 8.74. The van der Waals surface area contributed by atoms with Crippen molar-refractivity contribution in [1.82, 2.24) is 5.32 Å². The zero-order valence-electron chi connectivity index (χ0n) is 10.1. The van der Waals surface area contributed by atoms with Crippen molar-refractivity contribution in [3.63, 3.8) is 0 Å². The molecule has 2 amide bonds. The SMILES string of the molecule is COCC(C)(O)CNC(=O)Nc1ccccc1. The average molecular weight is 238 g/mol. The van der Waals surface area contributed by atoms with E-state index in [4.69, 9.17) is 4.74 Å². The van der Waals surface area contributed by atoms with Crippen LogP contribution in [-0.2, 0) is 4.74 Å². The number of urea groups is 1. The van der Waals surface area contributed by atoms with Gasteiger partial charge in [-0.05, 0) is 19.1 Å². The Morgan fingerprint density at radius 1 is 1.41 bits per heavy atom. The van der Waals surface area contributed by atoms with Crippen LogP contribution in [-0.4, -0.2) is 37.0 Å². The molecule has 0 aliphatic carbocycles. The van der Waals surface area contributed by atoms with E-state index in [1.807, 2.05) is 18.2 Å². The van der Waals surface area contributed by atoms with Crippen LogP contribution in [0.1, 0.15) is 6.92 Å². The molecule has 0 radical (unpaired) electrons. The van der Waals surface area contributed by atoms with Gasteiger partial charge in [-0.2, -0.15) is 0 Å². The van der Waals surface area contributed by atoms with Crippen LogP contribution < -0.4 is 10.6 Å². The van der Waals surface area contributed by atoms with Crippen LogP contribution in [0.25, 0.3) is 0 Å². The van der Waals surface area contributed by atoms with E-state index in [2.05, 4.69) is 10.6 Å². The van der Waals surface area contributed by atoms with Gasteiger partial charge in [0.15, 0.2) is 0 Å². The third-order valence-corrected chi connectivity index (χ3v) is 2.12. The van der Waals surface area contributed by atoms with E-state index < -0.39 is 5.60 Å². The summed E-state index contributed by atoms with van der Waals surface area (Å²) in [5.41, 5.74) is -0.362. The number of anilines is 1. The molecule has 1 aromatic carbocycles. The summed E-state index contributed by atoms with van der Waals surface area (Å²) in [5, 5.41) is 15.0. The van der Waals surface area contributed by atoms with Crippen LogP contribution >= 0.6 is 0 Å². The van der Waals surface area contributed by atoms with Crippen LogP contribution in [0.3, 0.4) is 0 Å². The molecule has 5 nitrogen and oxygen atoms in total. The summed E-state index contributed by atoms with van der Waals surface area (Å²) in [6.07, 6.45) is 0. The van der Waals surface area contributed by atoms with Gasteiger partial charge in [0.1, 0.15) is 5.60 Å². The Bertz CT molecular complexity index is 352. The molecule has 0 aliphatic rings. The molecule has 0 spiro atoms. The highest BCUT2D eigenvalue weighted by molar-refractivity contribution is 5.89. The highest BCUT2D eigenvalue weighted by Gasteiger charge is 2.20. The van der Waals surface area contributed by atoms with Crippen molar-refractivity contribution in [2.24, 2.45) is 0 Å². The quantitative estimate of drug-likeness (QED) is 0.722. The van der Waals surface area contributed by atoms with Gasteiger partial charge in [-0.1, -0.05) is 18.2 Å². The first kappa shape index (κ1) is 13.5. The smallest absolute Gasteiger partial charge is 0.319 e. The Kier molecular flexibility index (Phi) is 4.93. The van der Waals surface area contributed by atoms with Crippen molar-refractivity contribution >= 4 is 11.7 Å². The van der Waals surface area contributed by atoms with Crippen molar-refractivity contribution in [1.29, 1.82) is 0 Å². The first-order chi connectivity index (χ1) is 8.03. The summed E-state index contributed by atoms with van der Waals surface area (Å²) in [4.78, 5) is 11.5. The average Bonchev–Trinajstić information content (AvgIpc) is 2.28. The molecule has 0 bridgehead atoms. The molecule has 94 valence electrons. The van der Waals surface area contributed by atoms with E-state index in [0.29, 0.717) is 5.69 Å². The third kappa shape index (κ3) is 5.33. The fourth-order valence-electron chi connectivity index (χ4n) is 1.33. The predicted molar refractivity (Wildman–Crippen MR) is 66.0 cm³/mol. The predicted octanol–water partition coefficient (Wildman–Crippen LogP) is 1.21. The molecular weight excluding hydrogens is 220 g/mol. The Morgan fingerprint density at radius 3 is 2.65 bits per heavy atom. The van der Waals surface area contributed by atoms with Gasteiger partial charge in [0, 0.05) is 12.8 Å². The van der Waals surface area contributed by atoms with Crippen molar-refractivity contribution in [3.05, 3.63) is 30.3 Å². The molecule has 0 heterocycles.